The second kappa shape index (κ2) is 6.33. The summed E-state index contributed by atoms with van der Waals surface area (Å²) in [5.74, 6) is 1.03. The van der Waals surface area contributed by atoms with Gasteiger partial charge in [0.05, 0.1) is 6.61 Å². The van der Waals surface area contributed by atoms with Gasteiger partial charge in [0, 0.05) is 36.6 Å². The summed E-state index contributed by atoms with van der Waals surface area (Å²) in [4.78, 5) is 2.22. The molecule has 0 unspecified atom stereocenters. The van der Waals surface area contributed by atoms with E-state index in [9.17, 15) is 0 Å². The van der Waals surface area contributed by atoms with Gasteiger partial charge in [-0.05, 0) is 37.2 Å². The van der Waals surface area contributed by atoms with Crippen molar-refractivity contribution in [3.8, 4) is 5.75 Å². The van der Waals surface area contributed by atoms with E-state index in [1.54, 1.807) is 0 Å². The lowest BCUT2D eigenvalue weighted by Crippen LogP contribution is -2.37. The third-order valence-electron chi connectivity index (χ3n) is 3.49. The van der Waals surface area contributed by atoms with Crippen LogP contribution in [0.1, 0.15) is 25.0 Å². The molecule has 0 fully saturated rings. The molecule has 0 bridgehead atoms. The first-order chi connectivity index (χ1) is 9.37. The van der Waals surface area contributed by atoms with Crippen molar-refractivity contribution in [3.63, 3.8) is 0 Å². The molecule has 0 saturated carbocycles. The fourth-order valence-electron chi connectivity index (χ4n) is 2.92. The molecule has 1 heterocycles. The van der Waals surface area contributed by atoms with Crippen LogP contribution in [0.25, 0.3) is 0 Å². The number of ether oxygens (including phenoxy) is 1. The molecule has 0 amide bonds. The van der Waals surface area contributed by atoms with Crippen molar-refractivity contribution in [1.29, 1.82) is 0 Å². The quantitative estimate of drug-likeness (QED) is 0.873. The van der Waals surface area contributed by atoms with Crippen LogP contribution in [0.2, 0.25) is 5.02 Å². The molecule has 0 radical (unpaired) electrons. The predicted octanol–water partition coefficient (Wildman–Crippen LogP) is 2.95. The highest BCUT2D eigenvalue weighted by Gasteiger charge is 2.20. The van der Waals surface area contributed by atoms with Gasteiger partial charge in [0.25, 0.3) is 0 Å². The second-order valence-corrected chi connectivity index (χ2v) is 7.09. The first-order valence-corrected chi connectivity index (χ1v) is 7.55. The molecule has 0 aromatic heterocycles. The van der Waals surface area contributed by atoms with E-state index in [0.717, 1.165) is 43.4 Å². The monoisotopic (exact) mass is 296 g/mol. The minimum Gasteiger partial charge on any atom is -0.493 e. The van der Waals surface area contributed by atoms with E-state index in [4.69, 9.17) is 16.3 Å². The third kappa shape index (κ3) is 4.11. The average Bonchev–Trinajstić information content (AvgIpc) is 2.74. The van der Waals surface area contributed by atoms with E-state index in [-0.39, 0.29) is 5.41 Å². The molecule has 1 aromatic rings. The Hall–Kier alpha value is -0.770. The fourth-order valence-corrected chi connectivity index (χ4v) is 3.19. The van der Waals surface area contributed by atoms with Gasteiger partial charge in [-0.15, -0.1) is 0 Å². The number of nitrogens with zero attached hydrogens (tertiary/aromatic N) is 1. The average molecular weight is 297 g/mol. The molecule has 4 heteroatoms. The van der Waals surface area contributed by atoms with Crippen molar-refractivity contribution in [1.82, 2.24) is 10.2 Å². The molecule has 1 aliphatic heterocycles. The summed E-state index contributed by atoms with van der Waals surface area (Å²) in [5.41, 5.74) is 2.65. The van der Waals surface area contributed by atoms with E-state index in [1.165, 1.54) is 11.1 Å². The summed E-state index contributed by atoms with van der Waals surface area (Å²) in [6, 6.07) is 4.03. The van der Waals surface area contributed by atoms with Crippen LogP contribution in [0.15, 0.2) is 12.1 Å². The zero-order valence-electron chi connectivity index (χ0n) is 12.9. The van der Waals surface area contributed by atoms with Gasteiger partial charge in [0.2, 0.25) is 0 Å². The molecule has 2 rings (SSSR count). The van der Waals surface area contributed by atoms with E-state index < -0.39 is 0 Å². The normalized spacial score (nSPS) is 14.5. The molecular weight excluding hydrogens is 272 g/mol. The van der Waals surface area contributed by atoms with Crippen molar-refractivity contribution in [2.75, 3.05) is 33.8 Å². The van der Waals surface area contributed by atoms with Crippen LogP contribution in [-0.2, 0) is 13.0 Å². The molecule has 0 spiro atoms. The van der Waals surface area contributed by atoms with Crippen LogP contribution >= 0.6 is 11.6 Å². The Labute approximate surface area is 127 Å². The Balaban J connectivity index is 1.95. The van der Waals surface area contributed by atoms with Gasteiger partial charge in [-0.3, -0.25) is 0 Å². The summed E-state index contributed by atoms with van der Waals surface area (Å²) in [6.45, 7) is 8.16. The standard InChI is InChI=1S/C16H25ClN2O/c1-16(2,11-19(3)4)10-18-9-13-8-14(17)7-12-5-6-20-15(12)13/h7-8,18H,5-6,9-11H2,1-4H3. The number of halogens is 1. The number of nitrogens with one attached hydrogen (secondary N) is 1. The van der Waals surface area contributed by atoms with E-state index >= 15 is 0 Å². The Morgan fingerprint density at radius 3 is 2.80 bits per heavy atom. The minimum atomic E-state index is 0.242. The van der Waals surface area contributed by atoms with Gasteiger partial charge in [-0.2, -0.15) is 0 Å². The first-order valence-electron chi connectivity index (χ1n) is 7.17. The molecule has 0 saturated heterocycles. The maximum absolute atomic E-state index is 6.18. The first kappa shape index (κ1) is 15.6. The summed E-state index contributed by atoms with van der Waals surface area (Å²) >= 11 is 6.18. The lowest BCUT2D eigenvalue weighted by atomic mass is 9.93. The number of hydrogen-bond acceptors (Lipinski definition) is 3. The summed E-state index contributed by atoms with van der Waals surface area (Å²) in [5, 5.41) is 4.34. The molecule has 0 atom stereocenters. The highest BCUT2D eigenvalue weighted by molar-refractivity contribution is 6.30. The van der Waals surface area contributed by atoms with Crippen LogP contribution in [0, 0.1) is 5.41 Å². The minimum absolute atomic E-state index is 0.242. The van der Waals surface area contributed by atoms with Gasteiger partial charge >= 0.3 is 0 Å². The second-order valence-electron chi connectivity index (χ2n) is 6.66. The summed E-state index contributed by atoms with van der Waals surface area (Å²) in [6.07, 6.45) is 0.967. The molecule has 20 heavy (non-hydrogen) atoms. The Kier molecular flexibility index (Phi) is 4.95. The highest BCUT2D eigenvalue weighted by atomic mass is 35.5. The zero-order valence-corrected chi connectivity index (χ0v) is 13.7. The van der Waals surface area contributed by atoms with Gasteiger partial charge in [0.1, 0.15) is 5.75 Å². The Morgan fingerprint density at radius 1 is 1.35 bits per heavy atom. The lowest BCUT2D eigenvalue weighted by molar-refractivity contribution is 0.232. The van der Waals surface area contributed by atoms with Crippen LogP contribution in [0.3, 0.4) is 0 Å². The summed E-state index contributed by atoms with van der Waals surface area (Å²) < 4.78 is 5.72. The molecule has 112 valence electrons. The highest BCUT2D eigenvalue weighted by Crippen LogP contribution is 2.32. The van der Waals surface area contributed by atoms with Crippen molar-refractivity contribution < 1.29 is 4.74 Å². The van der Waals surface area contributed by atoms with E-state index in [1.807, 2.05) is 12.1 Å². The van der Waals surface area contributed by atoms with Crippen LogP contribution < -0.4 is 10.1 Å². The summed E-state index contributed by atoms with van der Waals surface area (Å²) in [7, 11) is 4.22. The maximum atomic E-state index is 6.18. The predicted molar refractivity (Wildman–Crippen MR) is 84.7 cm³/mol. The zero-order chi connectivity index (χ0) is 14.8. The van der Waals surface area contributed by atoms with Gasteiger partial charge < -0.3 is 15.0 Å². The molecule has 3 nitrogen and oxygen atoms in total. The SMILES string of the molecule is CN(C)CC(C)(C)CNCc1cc(Cl)cc2c1OCC2. The van der Waals surface area contributed by atoms with Crippen LogP contribution in [-0.4, -0.2) is 38.7 Å². The van der Waals surface area contributed by atoms with Gasteiger partial charge in [0.15, 0.2) is 0 Å². The molecule has 1 aliphatic rings. The van der Waals surface area contributed by atoms with Crippen molar-refractivity contribution >= 4 is 11.6 Å². The smallest absolute Gasteiger partial charge is 0.127 e. The van der Waals surface area contributed by atoms with Crippen molar-refractivity contribution in [2.45, 2.75) is 26.8 Å². The van der Waals surface area contributed by atoms with E-state index in [0.29, 0.717) is 0 Å². The maximum Gasteiger partial charge on any atom is 0.127 e. The largest absolute Gasteiger partial charge is 0.493 e. The van der Waals surface area contributed by atoms with Crippen LogP contribution in [0.5, 0.6) is 5.75 Å². The molecule has 1 N–H and O–H groups in total. The van der Waals surface area contributed by atoms with Crippen molar-refractivity contribution in [2.24, 2.45) is 5.41 Å². The lowest BCUT2D eigenvalue weighted by Gasteiger charge is -2.28. The molecule has 0 aliphatic carbocycles. The Morgan fingerprint density at radius 2 is 2.10 bits per heavy atom. The number of rotatable bonds is 6. The van der Waals surface area contributed by atoms with Crippen molar-refractivity contribution in [3.05, 3.63) is 28.3 Å². The third-order valence-corrected chi connectivity index (χ3v) is 3.71. The Bertz CT molecular complexity index is 472. The number of hydrogen-bond donors (Lipinski definition) is 1. The molecular formula is C16H25ClN2O. The number of benzene rings is 1. The topological polar surface area (TPSA) is 24.5 Å². The number of fused-ring (bicyclic) bond motifs is 1. The fraction of sp³-hybridized carbons (Fsp3) is 0.625. The van der Waals surface area contributed by atoms with E-state index in [2.05, 4.69) is 38.2 Å². The van der Waals surface area contributed by atoms with Gasteiger partial charge in [-0.25, -0.2) is 0 Å². The van der Waals surface area contributed by atoms with Crippen LogP contribution in [0.4, 0.5) is 0 Å². The molecule has 1 aromatic carbocycles. The van der Waals surface area contributed by atoms with Gasteiger partial charge in [-0.1, -0.05) is 25.4 Å².